The van der Waals surface area contributed by atoms with Gasteiger partial charge in [0.25, 0.3) is 0 Å². The van der Waals surface area contributed by atoms with Gasteiger partial charge in [-0.3, -0.25) is 4.79 Å². The molecule has 7 nitrogen and oxygen atoms in total. The van der Waals surface area contributed by atoms with Crippen LogP contribution in [-0.4, -0.2) is 58.5 Å². The first-order valence-corrected chi connectivity index (χ1v) is 12.1. The molecule has 0 spiro atoms. The summed E-state index contributed by atoms with van der Waals surface area (Å²) < 4.78 is 48.6. The standard InChI is InChI=1S/C27H34F3N5O2/c1-27(2,3)24(34(23(36)17-37-4)13-12-20(31)15-28)26-32-25(21-14-19(29)10-11-22(21)30)33-35(26)16-18-8-6-5-7-9-18/h5-11,14,20,24H,12-13,15-17,31H2,1-4H3. The zero-order valence-corrected chi connectivity index (χ0v) is 21.6. The Kier molecular flexibility index (Phi) is 9.45. The van der Waals surface area contributed by atoms with Gasteiger partial charge in [-0.1, -0.05) is 51.1 Å². The van der Waals surface area contributed by atoms with Gasteiger partial charge in [0, 0.05) is 19.7 Å². The van der Waals surface area contributed by atoms with E-state index in [2.05, 4.69) is 10.1 Å². The van der Waals surface area contributed by atoms with Crippen molar-refractivity contribution in [1.82, 2.24) is 19.7 Å². The monoisotopic (exact) mass is 517 g/mol. The van der Waals surface area contributed by atoms with Crippen molar-refractivity contribution in [3.8, 4) is 11.4 Å². The molecule has 0 bridgehead atoms. The van der Waals surface area contributed by atoms with E-state index in [9.17, 15) is 18.0 Å². The Balaban J connectivity index is 2.19. The second kappa shape index (κ2) is 12.3. The Bertz CT molecular complexity index is 1180. The molecule has 0 radical (unpaired) electrons. The molecule has 37 heavy (non-hydrogen) atoms. The summed E-state index contributed by atoms with van der Waals surface area (Å²) >= 11 is 0. The molecule has 1 amide bonds. The van der Waals surface area contributed by atoms with E-state index in [1.54, 1.807) is 9.58 Å². The maximum atomic E-state index is 14.7. The summed E-state index contributed by atoms with van der Waals surface area (Å²) in [6, 6.07) is 11.2. The fraction of sp³-hybridized carbons (Fsp3) is 0.444. The number of carbonyl (C=O) groups excluding carboxylic acids is 1. The van der Waals surface area contributed by atoms with Gasteiger partial charge in [-0.15, -0.1) is 0 Å². The number of nitrogens with zero attached hydrogens (tertiary/aromatic N) is 4. The number of rotatable bonds is 11. The Labute approximate surface area is 215 Å². The van der Waals surface area contributed by atoms with E-state index in [1.807, 2.05) is 51.1 Å². The summed E-state index contributed by atoms with van der Waals surface area (Å²) in [5, 5.41) is 4.56. The van der Waals surface area contributed by atoms with Gasteiger partial charge in [0.2, 0.25) is 5.91 Å². The van der Waals surface area contributed by atoms with Crippen LogP contribution in [-0.2, 0) is 16.1 Å². The highest BCUT2D eigenvalue weighted by Crippen LogP contribution is 2.39. The summed E-state index contributed by atoms with van der Waals surface area (Å²) in [5.41, 5.74) is 6.07. The van der Waals surface area contributed by atoms with Crippen LogP contribution in [0.5, 0.6) is 0 Å². The molecule has 1 aromatic heterocycles. The van der Waals surface area contributed by atoms with E-state index in [0.717, 1.165) is 23.8 Å². The molecule has 1 heterocycles. The van der Waals surface area contributed by atoms with Crippen LogP contribution >= 0.6 is 0 Å². The number of amides is 1. The van der Waals surface area contributed by atoms with E-state index in [0.29, 0.717) is 5.82 Å². The molecule has 3 rings (SSSR count). The highest BCUT2D eigenvalue weighted by atomic mass is 19.1. The second-order valence-corrected chi connectivity index (χ2v) is 10.1. The number of ether oxygens (including phenoxy) is 1. The Hall–Kier alpha value is -3.24. The van der Waals surface area contributed by atoms with Crippen molar-refractivity contribution in [2.75, 3.05) is 26.9 Å². The number of hydrogen-bond acceptors (Lipinski definition) is 5. The molecule has 2 atom stereocenters. The van der Waals surface area contributed by atoms with Gasteiger partial charge in [0.1, 0.15) is 24.9 Å². The number of aromatic nitrogens is 3. The summed E-state index contributed by atoms with van der Waals surface area (Å²) in [5.74, 6) is -1.24. The zero-order valence-electron chi connectivity index (χ0n) is 21.6. The average Bonchev–Trinajstić information content (AvgIpc) is 3.25. The topological polar surface area (TPSA) is 86.3 Å². The summed E-state index contributed by atoms with van der Waals surface area (Å²) in [7, 11) is 1.41. The quantitative estimate of drug-likeness (QED) is 0.404. The number of benzene rings is 2. The van der Waals surface area contributed by atoms with Gasteiger partial charge >= 0.3 is 0 Å². The van der Waals surface area contributed by atoms with E-state index in [4.69, 9.17) is 10.5 Å². The molecule has 0 saturated heterocycles. The maximum Gasteiger partial charge on any atom is 0.249 e. The molecule has 0 fully saturated rings. The lowest BCUT2D eigenvalue weighted by molar-refractivity contribution is -0.140. The van der Waals surface area contributed by atoms with Crippen molar-refractivity contribution in [3.63, 3.8) is 0 Å². The smallest absolute Gasteiger partial charge is 0.249 e. The highest BCUT2D eigenvalue weighted by Gasteiger charge is 2.39. The van der Waals surface area contributed by atoms with Crippen molar-refractivity contribution in [1.29, 1.82) is 0 Å². The molecule has 0 aliphatic carbocycles. The fourth-order valence-corrected chi connectivity index (χ4v) is 4.19. The lowest BCUT2D eigenvalue weighted by Gasteiger charge is -2.40. The predicted molar refractivity (Wildman–Crippen MR) is 135 cm³/mol. The van der Waals surface area contributed by atoms with Crippen LogP contribution in [0, 0.1) is 17.0 Å². The molecule has 0 aliphatic rings. The van der Waals surface area contributed by atoms with Crippen molar-refractivity contribution in [2.24, 2.45) is 11.1 Å². The summed E-state index contributed by atoms with van der Waals surface area (Å²) in [6.07, 6.45) is 0.219. The van der Waals surface area contributed by atoms with Crippen molar-refractivity contribution < 1.29 is 22.7 Å². The number of alkyl halides is 1. The van der Waals surface area contributed by atoms with Crippen LogP contribution in [0.2, 0.25) is 0 Å². The number of hydrogen-bond donors (Lipinski definition) is 1. The molecule has 10 heteroatoms. The largest absolute Gasteiger partial charge is 0.375 e. The second-order valence-electron chi connectivity index (χ2n) is 10.1. The van der Waals surface area contributed by atoms with Crippen LogP contribution in [0.25, 0.3) is 11.4 Å². The highest BCUT2D eigenvalue weighted by molar-refractivity contribution is 5.78. The van der Waals surface area contributed by atoms with E-state index in [1.165, 1.54) is 7.11 Å². The summed E-state index contributed by atoms with van der Waals surface area (Å²) in [6.45, 7) is 5.31. The van der Waals surface area contributed by atoms with Gasteiger partial charge in [0.15, 0.2) is 11.6 Å². The molecule has 200 valence electrons. The molecule has 0 saturated carbocycles. The van der Waals surface area contributed by atoms with Crippen molar-refractivity contribution in [3.05, 3.63) is 71.6 Å². The third-order valence-corrected chi connectivity index (χ3v) is 5.95. The Morgan fingerprint density at radius 1 is 1.16 bits per heavy atom. The van der Waals surface area contributed by atoms with E-state index >= 15 is 0 Å². The SMILES string of the molecule is COCC(=O)N(CCC(N)CF)C(c1nc(-c2cc(F)ccc2F)nn1Cc1ccccc1)C(C)(C)C. The molecular formula is C27H34F3N5O2. The van der Waals surface area contributed by atoms with Crippen LogP contribution in [0.15, 0.2) is 48.5 Å². The van der Waals surface area contributed by atoms with Gasteiger partial charge in [0.05, 0.1) is 18.2 Å². The minimum absolute atomic E-state index is 0.00298. The molecule has 2 N–H and O–H groups in total. The Morgan fingerprint density at radius 3 is 2.49 bits per heavy atom. The van der Waals surface area contributed by atoms with Gasteiger partial charge in [-0.25, -0.2) is 22.8 Å². The number of halogens is 3. The van der Waals surface area contributed by atoms with E-state index < -0.39 is 35.8 Å². The van der Waals surface area contributed by atoms with Gasteiger partial charge in [-0.05, 0) is 35.6 Å². The number of methoxy groups -OCH3 is 1. The summed E-state index contributed by atoms with van der Waals surface area (Å²) in [4.78, 5) is 19.5. The van der Waals surface area contributed by atoms with Gasteiger partial charge in [-0.2, -0.15) is 5.10 Å². The molecule has 2 aromatic carbocycles. The molecular weight excluding hydrogens is 483 g/mol. The normalized spacial score (nSPS) is 13.4. The van der Waals surface area contributed by atoms with Crippen molar-refractivity contribution >= 4 is 5.91 Å². The number of carbonyl (C=O) groups is 1. The maximum absolute atomic E-state index is 14.7. The first-order valence-electron chi connectivity index (χ1n) is 12.1. The lowest BCUT2D eigenvalue weighted by atomic mass is 9.84. The molecule has 2 unspecified atom stereocenters. The van der Waals surface area contributed by atoms with Crippen LogP contribution < -0.4 is 5.73 Å². The predicted octanol–water partition coefficient (Wildman–Crippen LogP) is 4.52. The molecule has 3 aromatic rings. The zero-order chi connectivity index (χ0) is 27.2. The lowest BCUT2D eigenvalue weighted by Crippen LogP contribution is -2.46. The first-order chi connectivity index (χ1) is 17.5. The van der Waals surface area contributed by atoms with Gasteiger partial charge < -0.3 is 15.4 Å². The fourth-order valence-electron chi connectivity index (χ4n) is 4.19. The molecule has 0 aliphatic heterocycles. The minimum Gasteiger partial charge on any atom is -0.375 e. The average molecular weight is 518 g/mol. The van der Waals surface area contributed by atoms with Crippen molar-refractivity contribution in [2.45, 2.75) is 45.8 Å². The van der Waals surface area contributed by atoms with Crippen LogP contribution in [0.4, 0.5) is 13.2 Å². The van der Waals surface area contributed by atoms with E-state index in [-0.39, 0.29) is 43.4 Å². The minimum atomic E-state index is -0.738. The third kappa shape index (κ3) is 7.17. The third-order valence-electron chi connectivity index (χ3n) is 5.95. The number of nitrogens with two attached hydrogens (primary N) is 1. The van der Waals surface area contributed by atoms with Crippen LogP contribution in [0.1, 0.15) is 44.6 Å². The van der Waals surface area contributed by atoms with Crippen LogP contribution in [0.3, 0.4) is 0 Å². The Morgan fingerprint density at radius 2 is 1.86 bits per heavy atom. The first kappa shape index (κ1) is 28.3.